The summed E-state index contributed by atoms with van der Waals surface area (Å²) in [6, 6.07) is 16.3. The number of benzene rings is 2. The van der Waals surface area contributed by atoms with E-state index < -0.39 is 9.84 Å². The van der Waals surface area contributed by atoms with Gasteiger partial charge in [0.25, 0.3) is 5.91 Å². The lowest BCUT2D eigenvalue weighted by molar-refractivity contribution is 0.102. The Kier molecular flexibility index (Phi) is 5.61. The maximum Gasteiger partial charge on any atom is 0.255 e. The van der Waals surface area contributed by atoms with Crippen molar-refractivity contribution in [3.63, 3.8) is 0 Å². The standard InChI is InChI=1S/C22H22N2O3S/c1-15-4-11-21(23-13-15)20-12-19(10-5-16(20)2)24-22(25)18-8-6-17(7-9-18)14-28(3,26)27/h4-13H,14H2,1-3H3,(H,24,25). The van der Waals surface area contributed by atoms with Gasteiger partial charge in [-0.1, -0.05) is 24.3 Å². The third-order valence-electron chi connectivity index (χ3n) is 4.33. The van der Waals surface area contributed by atoms with Gasteiger partial charge in [-0.25, -0.2) is 8.42 Å². The number of pyridine rings is 1. The zero-order valence-electron chi connectivity index (χ0n) is 16.1. The highest BCUT2D eigenvalue weighted by molar-refractivity contribution is 7.89. The first kappa shape index (κ1) is 19.8. The minimum Gasteiger partial charge on any atom is -0.322 e. The van der Waals surface area contributed by atoms with E-state index in [-0.39, 0.29) is 11.7 Å². The van der Waals surface area contributed by atoms with Gasteiger partial charge in [-0.3, -0.25) is 9.78 Å². The summed E-state index contributed by atoms with van der Waals surface area (Å²) in [5, 5.41) is 2.89. The third-order valence-corrected chi connectivity index (χ3v) is 5.19. The fraction of sp³-hybridized carbons (Fsp3) is 0.182. The van der Waals surface area contributed by atoms with Gasteiger partial charge in [0.15, 0.2) is 9.84 Å². The van der Waals surface area contributed by atoms with Gasteiger partial charge in [-0.2, -0.15) is 0 Å². The van der Waals surface area contributed by atoms with Gasteiger partial charge in [0, 0.05) is 29.3 Å². The number of sulfone groups is 1. The lowest BCUT2D eigenvalue weighted by Gasteiger charge is -2.11. The highest BCUT2D eigenvalue weighted by atomic mass is 32.2. The van der Waals surface area contributed by atoms with Crippen molar-refractivity contribution in [1.82, 2.24) is 4.98 Å². The number of rotatable bonds is 5. The van der Waals surface area contributed by atoms with E-state index in [9.17, 15) is 13.2 Å². The molecule has 0 aliphatic heterocycles. The van der Waals surface area contributed by atoms with Crippen LogP contribution in [0.5, 0.6) is 0 Å². The molecule has 3 rings (SSSR count). The van der Waals surface area contributed by atoms with Crippen LogP contribution in [0, 0.1) is 13.8 Å². The molecular formula is C22H22N2O3S. The minimum absolute atomic E-state index is 0.0419. The van der Waals surface area contributed by atoms with Crippen LogP contribution in [0.2, 0.25) is 0 Å². The molecule has 0 aliphatic rings. The largest absolute Gasteiger partial charge is 0.322 e. The van der Waals surface area contributed by atoms with Crippen LogP contribution in [0.25, 0.3) is 11.3 Å². The molecule has 0 bridgehead atoms. The Morgan fingerprint density at radius 3 is 2.32 bits per heavy atom. The van der Waals surface area contributed by atoms with Crippen LogP contribution in [-0.2, 0) is 15.6 Å². The van der Waals surface area contributed by atoms with Crippen molar-refractivity contribution in [1.29, 1.82) is 0 Å². The number of anilines is 1. The Labute approximate surface area is 165 Å². The molecule has 1 heterocycles. The molecule has 1 amide bonds. The van der Waals surface area contributed by atoms with Crippen LogP contribution in [0.15, 0.2) is 60.8 Å². The number of amides is 1. The highest BCUT2D eigenvalue weighted by Gasteiger charge is 2.10. The quantitative estimate of drug-likeness (QED) is 0.705. The number of nitrogens with one attached hydrogen (secondary N) is 1. The second-order valence-corrected chi connectivity index (χ2v) is 9.11. The average Bonchev–Trinajstić information content (AvgIpc) is 2.63. The van der Waals surface area contributed by atoms with Crippen molar-refractivity contribution >= 4 is 21.4 Å². The normalized spacial score (nSPS) is 11.2. The van der Waals surface area contributed by atoms with Crippen LogP contribution in [0.4, 0.5) is 5.69 Å². The summed E-state index contributed by atoms with van der Waals surface area (Å²) in [6.45, 7) is 3.99. The molecule has 1 N–H and O–H groups in total. The summed E-state index contributed by atoms with van der Waals surface area (Å²) in [6.07, 6.45) is 3.00. The summed E-state index contributed by atoms with van der Waals surface area (Å²) in [7, 11) is -3.10. The Bertz CT molecular complexity index is 1100. The van der Waals surface area contributed by atoms with Crippen molar-refractivity contribution in [3.8, 4) is 11.3 Å². The summed E-state index contributed by atoms with van der Waals surface area (Å²) >= 11 is 0. The second-order valence-electron chi connectivity index (χ2n) is 6.97. The average molecular weight is 394 g/mol. The van der Waals surface area contributed by atoms with Gasteiger partial charge in [0.1, 0.15) is 0 Å². The lowest BCUT2D eigenvalue weighted by atomic mass is 10.0. The molecule has 0 spiro atoms. The number of nitrogens with zero attached hydrogens (tertiary/aromatic N) is 1. The Balaban J connectivity index is 1.79. The van der Waals surface area contributed by atoms with Gasteiger partial charge in [0.05, 0.1) is 11.4 Å². The van der Waals surface area contributed by atoms with E-state index in [1.54, 1.807) is 24.3 Å². The molecule has 0 saturated carbocycles. The molecule has 0 fully saturated rings. The lowest BCUT2D eigenvalue weighted by Crippen LogP contribution is -2.12. The van der Waals surface area contributed by atoms with Crippen LogP contribution >= 0.6 is 0 Å². The molecule has 144 valence electrons. The molecule has 28 heavy (non-hydrogen) atoms. The zero-order valence-corrected chi connectivity index (χ0v) is 16.9. The Morgan fingerprint density at radius 1 is 1.00 bits per heavy atom. The second kappa shape index (κ2) is 7.94. The molecular weight excluding hydrogens is 372 g/mol. The molecule has 6 heteroatoms. The fourth-order valence-electron chi connectivity index (χ4n) is 2.86. The predicted octanol–water partition coefficient (Wildman–Crippen LogP) is 4.16. The van der Waals surface area contributed by atoms with Crippen molar-refractivity contribution in [2.45, 2.75) is 19.6 Å². The van der Waals surface area contributed by atoms with Gasteiger partial charge in [-0.15, -0.1) is 0 Å². The number of hydrogen-bond donors (Lipinski definition) is 1. The summed E-state index contributed by atoms with van der Waals surface area (Å²) in [4.78, 5) is 17.0. The van der Waals surface area contributed by atoms with Gasteiger partial charge in [0.2, 0.25) is 0 Å². The summed E-state index contributed by atoms with van der Waals surface area (Å²) in [5.74, 6) is -0.294. The number of carbonyl (C=O) groups excluding carboxylic acids is 1. The zero-order chi connectivity index (χ0) is 20.3. The number of aryl methyl sites for hydroxylation is 2. The first-order valence-corrected chi connectivity index (χ1v) is 10.9. The maximum absolute atomic E-state index is 12.5. The van der Waals surface area contributed by atoms with E-state index in [2.05, 4.69) is 10.3 Å². The Morgan fingerprint density at radius 2 is 1.71 bits per heavy atom. The maximum atomic E-state index is 12.5. The first-order chi connectivity index (χ1) is 13.2. The molecule has 0 aliphatic carbocycles. The van der Waals surface area contributed by atoms with Gasteiger partial charge < -0.3 is 5.32 Å². The van der Waals surface area contributed by atoms with Crippen molar-refractivity contribution in [2.24, 2.45) is 0 Å². The summed E-state index contributed by atoms with van der Waals surface area (Å²) in [5.41, 5.74) is 5.76. The van der Waals surface area contributed by atoms with Crippen LogP contribution in [0.3, 0.4) is 0 Å². The minimum atomic E-state index is -3.10. The van der Waals surface area contributed by atoms with Crippen molar-refractivity contribution in [2.75, 3.05) is 11.6 Å². The monoisotopic (exact) mass is 394 g/mol. The molecule has 3 aromatic rings. The molecule has 0 saturated heterocycles. The number of aromatic nitrogens is 1. The topological polar surface area (TPSA) is 76.1 Å². The van der Waals surface area contributed by atoms with E-state index in [0.717, 1.165) is 22.4 Å². The molecule has 1 aromatic heterocycles. The summed E-state index contributed by atoms with van der Waals surface area (Å²) < 4.78 is 22.7. The van der Waals surface area contributed by atoms with Crippen molar-refractivity contribution in [3.05, 3.63) is 83.0 Å². The molecule has 0 atom stereocenters. The molecule has 0 unspecified atom stereocenters. The third kappa shape index (κ3) is 5.04. The highest BCUT2D eigenvalue weighted by Crippen LogP contribution is 2.25. The van der Waals surface area contributed by atoms with E-state index in [0.29, 0.717) is 16.8 Å². The molecule has 2 aromatic carbocycles. The van der Waals surface area contributed by atoms with E-state index in [1.165, 1.54) is 6.26 Å². The van der Waals surface area contributed by atoms with Crippen LogP contribution in [-0.4, -0.2) is 25.6 Å². The number of carbonyl (C=O) groups is 1. The van der Waals surface area contributed by atoms with E-state index in [1.807, 2.05) is 50.4 Å². The van der Waals surface area contributed by atoms with Crippen LogP contribution < -0.4 is 5.32 Å². The SMILES string of the molecule is Cc1ccc(-c2cc(NC(=O)c3ccc(CS(C)(=O)=O)cc3)ccc2C)nc1. The van der Waals surface area contributed by atoms with Crippen molar-refractivity contribution < 1.29 is 13.2 Å². The molecule has 5 nitrogen and oxygen atoms in total. The smallest absolute Gasteiger partial charge is 0.255 e. The van der Waals surface area contributed by atoms with E-state index in [4.69, 9.17) is 0 Å². The predicted molar refractivity (Wildman–Crippen MR) is 112 cm³/mol. The van der Waals surface area contributed by atoms with Crippen LogP contribution in [0.1, 0.15) is 27.0 Å². The van der Waals surface area contributed by atoms with E-state index >= 15 is 0 Å². The first-order valence-electron chi connectivity index (χ1n) is 8.83. The number of hydrogen-bond acceptors (Lipinski definition) is 4. The van der Waals surface area contributed by atoms with Gasteiger partial charge >= 0.3 is 0 Å². The molecule has 0 radical (unpaired) electrons. The Hall–Kier alpha value is -2.99. The van der Waals surface area contributed by atoms with Gasteiger partial charge in [-0.05, 0) is 60.9 Å². The fourth-order valence-corrected chi connectivity index (χ4v) is 3.66.